The maximum atomic E-state index is 13.0. The third-order valence-electron chi connectivity index (χ3n) is 2.28. The number of benzene rings is 1. The van der Waals surface area contributed by atoms with Crippen molar-refractivity contribution >= 4 is 23.1 Å². The smallest absolute Gasteiger partial charge is 0.345 e. The number of aromatic carboxylic acids is 1. The summed E-state index contributed by atoms with van der Waals surface area (Å²) >= 11 is 0.895. The lowest BCUT2D eigenvalue weighted by Gasteiger charge is -2.01. The van der Waals surface area contributed by atoms with Crippen LogP contribution >= 0.6 is 11.3 Å². The fourth-order valence-corrected chi connectivity index (χ4v) is 2.14. The summed E-state index contributed by atoms with van der Waals surface area (Å²) in [7, 11) is 0. The van der Waals surface area contributed by atoms with Crippen molar-refractivity contribution in [3.63, 3.8) is 0 Å². The standard InChI is InChI=1S/C12H7FO4S/c13-7-1-2-9(14)8(4-7)11(15)6-3-10(12(16)17)18-5-6/h1-5,14H,(H,16,17). The van der Waals surface area contributed by atoms with E-state index in [-0.39, 0.29) is 21.8 Å². The zero-order chi connectivity index (χ0) is 13.3. The van der Waals surface area contributed by atoms with E-state index < -0.39 is 17.6 Å². The van der Waals surface area contributed by atoms with Gasteiger partial charge in [0, 0.05) is 10.9 Å². The van der Waals surface area contributed by atoms with Crippen molar-refractivity contribution in [2.45, 2.75) is 0 Å². The van der Waals surface area contributed by atoms with Crippen LogP contribution < -0.4 is 0 Å². The Bertz CT molecular complexity index is 633. The van der Waals surface area contributed by atoms with Gasteiger partial charge in [-0.15, -0.1) is 11.3 Å². The van der Waals surface area contributed by atoms with Gasteiger partial charge in [0.1, 0.15) is 16.4 Å². The lowest BCUT2D eigenvalue weighted by molar-refractivity contribution is 0.0702. The number of carboxylic acid groups (broad SMARTS) is 1. The molecular weight excluding hydrogens is 259 g/mol. The van der Waals surface area contributed by atoms with Crippen LogP contribution in [0.15, 0.2) is 29.6 Å². The van der Waals surface area contributed by atoms with E-state index in [1.54, 1.807) is 0 Å². The maximum absolute atomic E-state index is 13.0. The monoisotopic (exact) mass is 266 g/mol. The molecule has 1 aromatic heterocycles. The van der Waals surface area contributed by atoms with Gasteiger partial charge in [0.05, 0.1) is 5.56 Å². The van der Waals surface area contributed by atoms with Crippen molar-refractivity contribution in [1.29, 1.82) is 0 Å². The fourth-order valence-electron chi connectivity index (χ4n) is 1.41. The third kappa shape index (κ3) is 2.23. The summed E-state index contributed by atoms with van der Waals surface area (Å²) in [5, 5.41) is 19.6. The number of rotatable bonds is 3. The number of carboxylic acids is 1. The summed E-state index contributed by atoms with van der Waals surface area (Å²) in [6.45, 7) is 0. The van der Waals surface area contributed by atoms with E-state index in [1.807, 2.05) is 0 Å². The van der Waals surface area contributed by atoms with E-state index >= 15 is 0 Å². The molecule has 0 aliphatic carbocycles. The first kappa shape index (κ1) is 12.3. The van der Waals surface area contributed by atoms with Crippen LogP contribution in [0, 0.1) is 5.82 Å². The first-order chi connectivity index (χ1) is 8.49. The molecule has 0 radical (unpaired) electrons. The molecule has 92 valence electrons. The Morgan fingerprint density at radius 1 is 1.22 bits per heavy atom. The zero-order valence-electron chi connectivity index (χ0n) is 8.88. The summed E-state index contributed by atoms with van der Waals surface area (Å²) in [5.74, 6) is -2.74. The number of hydrogen-bond acceptors (Lipinski definition) is 4. The van der Waals surface area contributed by atoms with Crippen LogP contribution in [-0.4, -0.2) is 22.0 Å². The van der Waals surface area contributed by atoms with Crippen LogP contribution in [0.4, 0.5) is 4.39 Å². The molecule has 0 amide bonds. The Labute approximate surface area is 105 Å². The molecule has 0 unspecified atom stereocenters. The molecule has 1 heterocycles. The van der Waals surface area contributed by atoms with Crippen molar-refractivity contribution in [2.75, 3.05) is 0 Å². The van der Waals surface area contributed by atoms with Gasteiger partial charge in [0.15, 0.2) is 5.78 Å². The second-order valence-electron chi connectivity index (χ2n) is 3.50. The number of carbonyl (C=O) groups excluding carboxylic acids is 1. The van der Waals surface area contributed by atoms with Crippen LogP contribution in [0.1, 0.15) is 25.6 Å². The van der Waals surface area contributed by atoms with Crippen molar-refractivity contribution in [3.05, 3.63) is 51.5 Å². The summed E-state index contributed by atoms with van der Waals surface area (Å²) < 4.78 is 13.0. The normalized spacial score (nSPS) is 10.3. The molecule has 18 heavy (non-hydrogen) atoms. The Balaban J connectivity index is 2.41. The number of ketones is 1. The summed E-state index contributed by atoms with van der Waals surface area (Å²) in [6, 6.07) is 4.21. The molecule has 2 rings (SSSR count). The highest BCUT2D eigenvalue weighted by molar-refractivity contribution is 7.12. The van der Waals surface area contributed by atoms with Gasteiger partial charge >= 0.3 is 5.97 Å². The predicted molar refractivity (Wildman–Crippen MR) is 62.8 cm³/mol. The van der Waals surface area contributed by atoms with Crippen LogP contribution in [0.2, 0.25) is 0 Å². The molecule has 6 heteroatoms. The highest BCUT2D eigenvalue weighted by atomic mass is 32.1. The second kappa shape index (κ2) is 4.58. The summed E-state index contributed by atoms with van der Waals surface area (Å²) in [5.41, 5.74) is -0.0805. The van der Waals surface area contributed by atoms with Crippen LogP contribution in [0.5, 0.6) is 5.75 Å². The van der Waals surface area contributed by atoms with E-state index in [1.165, 1.54) is 11.4 Å². The minimum Gasteiger partial charge on any atom is -0.507 e. The number of aromatic hydroxyl groups is 1. The molecule has 2 aromatic rings. The van der Waals surface area contributed by atoms with Gasteiger partial charge in [0.2, 0.25) is 0 Å². The summed E-state index contributed by atoms with van der Waals surface area (Å²) in [4.78, 5) is 22.6. The molecule has 1 aromatic carbocycles. The van der Waals surface area contributed by atoms with E-state index in [0.717, 1.165) is 29.5 Å². The maximum Gasteiger partial charge on any atom is 0.345 e. The molecule has 0 aliphatic rings. The molecule has 0 saturated heterocycles. The molecule has 4 nitrogen and oxygen atoms in total. The van der Waals surface area contributed by atoms with Gasteiger partial charge in [-0.3, -0.25) is 4.79 Å². The minimum atomic E-state index is -1.14. The van der Waals surface area contributed by atoms with Gasteiger partial charge in [-0.1, -0.05) is 0 Å². The number of phenolic OH excluding ortho intramolecular Hbond substituents is 1. The summed E-state index contributed by atoms with van der Waals surface area (Å²) in [6.07, 6.45) is 0. The molecule has 0 saturated carbocycles. The molecule has 0 atom stereocenters. The highest BCUT2D eigenvalue weighted by Gasteiger charge is 2.17. The Morgan fingerprint density at radius 2 is 1.94 bits per heavy atom. The number of thiophene rings is 1. The third-order valence-corrected chi connectivity index (χ3v) is 3.19. The lowest BCUT2D eigenvalue weighted by Crippen LogP contribution is -2.01. The Morgan fingerprint density at radius 3 is 2.56 bits per heavy atom. The number of halogens is 1. The first-order valence-electron chi connectivity index (χ1n) is 4.84. The largest absolute Gasteiger partial charge is 0.507 e. The molecule has 0 bridgehead atoms. The van der Waals surface area contributed by atoms with Crippen molar-refractivity contribution < 1.29 is 24.2 Å². The second-order valence-corrected chi connectivity index (χ2v) is 4.41. The van der Waals surface area contributed by atoms with E-state index in [0.29, 0.717) is 0 Å². The fraction of sp³-hybridized carbons (Fsp3) is 0. The van der Waals surface area contributed by atoms with Crippen molar-refractivity contribution in [3.8, 4) is 5.75 Å². The minimum absolute atomic E-state index is 0.00856. The topological polar surface area (TPSA) is 74.6 Å². The van der Waals surface area contributed by atoms with Crippen LogP contribution in [-0.2, 0) is 0 Å². The van der Waals surface area contributed by atoms with Gasteiger partial charge in [0.25, 0.3) is 0 Å². The first-order valence-corrected chi connectivity index (χ1v) is 5.72. The molecule has 0 fully saturated rings. The lowest BCUT2D eigenvalue weighted by atomic mass is 10.0. The molecule has 0 aliphatic heterocycles. The molecular formula is C12H7FO4S. The van der Waals surface area contributed by atoms with Crippen molar-refractivity contribution in [1.82, 2.24) is 0 Å². The average Bonchev–Trinajstić information content (AvgIpc) is 2.81. The van der Waals surface area contributed by atoms with Crippen LogP contribution in [0.25, 0.3) is 0 Å². The van der Waals surface area contributed by atoms with Gasteiger partial charge < -0.3 is 10.2 Å². The van der Waals surface area contributed by atoms with Gasteiger partial charge in [-0.25, -0.2) is 9.18 Å². The zero-order valence-corrected chi connectivity index (χ0v) is 9.70. The predicted octanol–water partition coefficient (Wildman–Crippen LogP) is 2.52. The van der Waals surface area contributed by atoms with E-state index in [2.05, 4.69) is 0 Å². The number of carbonyl (C=O) groups is 2. The van der Waals surface area contributed by atoms with Gasteiger partial charge in [-0.05, 0) is 24.3 Å². The van der Waals surface area contributed by atoms with Gasteiger partial charge in [-0.2, -0.15) is 0 Å². The van der Waals surface area contributed by atoms with Crippen LogP contribution in [0.3, 0.4) is 0 Å². The van der Waals surface area contributed by atoms with E-state index in [4.69, 9.17) is 5.11 Å². The van der Waals surface area contributed by atoms with E-state index in [9.17, 15) is 19.1 Å². The Hall–Kier alpha value is -2.21. The van der Waals surface area contributed by atoms with Crippen molar-refractivity contribution in [2.24, 2.45) is 0 Å². The Kier molecular flexibility index (Phi) is 3.12. The number of phenols is 1. The number of hydrogen-bond donors (Lipinski definition) is 2. The average molecular weight is 266 g/mol. The molecule has 0 spiro atoms. The SMILES string of the molecule is O=C(O)c1cc(C(=O)c2cc(F)ccc2O)cs1. The quantitative estimate of drug-likeness (QED) is 0.837. The molecule has 2 N–H and O–H groups in total. The highest BCUT2D eigenvalue weighted by Crippen LogP contribution is 2.24.